The highest BCUT2D eigenvalue weighted by Crippen LogP contribution is 2.37. The number of carbonyl (C=O) groups is 1. The molecule has 96 valence electrons. The fourth-order valence-electron chi connectivity index (χ4n) is 2.08. The van der Waals surface area contributed by atoms with E-state index >= 15 is 0 Å². The highest BCUT2D eigenvalue weighted by molar-refractivity contribution is 7.99. The van der Waals surface area contributed by atoms with Gasteiger partial charge < -0.3 is 11.1 Å². The molecule has 1 aliphatic rings. The first-order valence-electron chi connectivity index (χ1n) is 5.66. The summed E-state index contributed by atoms with van der Waals surface area (Å²) in [6, 6.07) is 0. The van der Waals surface area contributed by atoms with Gasteiger partial charge in [0, 0.05) is 18.3 Å². The van der Waals surface area contributed by atoms with E-state index in [2.05, 4.69) is 18.5 Å². The van der Waals surface area contributed by atoms with Crippen LogP contribution in [0.4, 0.5) is 0 Å². The van der Waals surface area contributed by atoms with Gasteiger partial charge in [-0.05, 0) is 19.1 Å². The number of rotatable bonds is 5. The smallest absolute Gasteiger partial charge is 0.227 e. The molecule has 0 bridgehead atoms. The normalized spacial score (nSPS) is 19.9. The Labute approximate surface area is 109 Å². The van der Waals surface area contributed by atoms with Crippen LogP contribution in [0.25, 0.3) is 0 Å². The van der Waals surface area contributed by atoms with Gasteiger partial charge in [0.2, 0.25) is 5.91 Å². The molecule has 0 radical (unpaired) electrons. The summed E-state index contributed by atoms with van der Waals surface area (Å²) in [5, 5.41) is 3.50. The quantitative estimate of drug-likeness (QED) is 0.798. The summed E-state index contributed by atoms with van der Waals surface area (Å²) in [5.41, 5.74) is 5.49. The van der Waals surface area contributed by atoms with Crippen LogP contribution in [0, 0.1) is 5.41 Å². The Kier molecular flexibility index (Phi) is 7.44. The number of amides is 1. The van der Waals surface area contributed by atoms with Crippen molar-refractivity contribution in [3.63, 3.8) is 0 Å². The molecule has 1 unspecified atom stereocenters. The van der Waals surface area contributed by atoms with Crippen molar-refractivity contribution in [1.29, 1.82) is 0 Å². The number of hydrogen-bond donors (Lipinski definition) is 2. The Bertz CT molecular complexity index is 220. The lowest BCUT2D eigenvalue weighted by Crippen LogP contribution is -2.45. The number of nitrogens with two attached hydrogens (primary N) is 1. The summed E-state index contributed by atoms with van der Waals surface area (Å²) in [7, 11) is 0. The van der Waals surface area contributed by atoms with Crippen LogP contribution in [0.15, 0.2) is 0 Å². The van der Waals surface area contributed by atoms with Gasteiger partial charge in [0.1, 0.15) is 0 Å². The van der Waals surface area contributed by atoms with Crippen molar-refractivity contribution < 1.29 is 4.79 Å². The van der Waals surface area contributed by atoms with Crippen molar-refractivity contribution >= 4 is 30.1 Å². The van der Waals surface area contributed by atoms with E-state index in [1.165, 1.54) is 0 Å². The second-order valence-corrected chi connectivity index (χ2v) is 5.72. The number of halogens is 1. The van der Waals surface area contributed by atoms with Crippen LogP contribution in [0.1, 0.15) is 32.6 Å². The molecule has 1 fully saturated rings. The molecule has 1 aliphatic carbocycles. The molecule has 1 saturated carbocycles. The topological polar surface area (TPSA) is 55.1 Å². The van der Waals surface area contributed by atoms with E-state index in [1.807, 2.05) is 0 Å². The molecule has 0 aromatic rings. The first-order chi connectivity index (χ1) is 7.14. The van der Waals surface area contributed by atoms with Crippen LogP contribution in [0.2, 0.25) is 0 Å². The Morgan fingerprint density at radius 3 is 2.50 bits per heavy atom. The van der Waals surface area contributed by atoms with E-state index in [-0.39, 0.29) is 23.7 Å². The third-order valence-electron chi connectivity index (χ3n) is 3.39. The Balaban J connectivity index is 0.00000225. The number of hydrogen-bond acceptors (Lipinski definition) is 3. The second-order valence-electron chi connectivity index (χ2n) is 4.45. The van der Waals surface area contributed by atoms with Gasteiger partial charge in [-0.3, -0.25) is 4.79 Å². The first-order valence-corrected chi connectivity index (χ1v) is 6.94. The Hall–Kier alpha value is 0.0700. The molecular formula is C11H23ClN2OS. The van der Waals surface area contributed by atoms with E-state index in [1.54, 1.807) is 11.8 Å². The van der Waals surface area contributed by atoms with Gasteiger partial charge in [-0.1, -0.05) is 19.8 Å². The van der Waals surface area contributed by atoms with Gasteiger partial charge in [-0.15, -0.1) is 12.4 Å². The average molecular weight is 267 g/mol. The monoisotopic (exact) mass is 266 g/mol. The third-order valence-corrected chi connectivity index (χ3v) is 4.36. The molecular weight excluding hydrogens is 244 g/mol. The van der Waals surface area contributed by atoms with Crippen molar-refractivity contribution in [2.45, 2.75) is 37.9 Å². The van der Waals surface area contributed by atoms with E-state index in [0.29, 0.717) is 11.8 Å². The molecule has 1 atom stereocenters. The minimum absolute atomic E-state index is 0. The van der Waals surface area contributed by atoms with E-state index in [0.717, 1.165) is 32.2 Å². The molecule has 3 nitrogen and oxygen atoms in total. The molecule has 5 heteroatoms. The predicted octanol–water partition coefficient (Wildman–Crippen LogP) is 1.79. The van der Waals surface area contributed by atoms with E-state index in [9.17, 15) is 4.79 Å². The van der Waals surface area contributed by atoms with E-state index in [4.69, 9.17) is 5.73 Å². The van der Waals surface area contributed by atoms with Crippen molar-refractivity contribution in [1.82, 2.24) is 5.32 Å². The van der Waals surface area contributed by atoms with Crippen molar-refractivity contribution in [3.05, 3.63) is 0 Å². The van der Waals surface area contributed by atoms with Crippen LogP contribution in [0.3, 0.4) is 0 Å². The van der Waals surface area contributed by atoms with Gasteiger partial charge in [0.15, 0.2) is 0 Å². The summed E-state index contributed by atoms with van der Waals surface area (Å²) in [5.74, 6) is 0.170. The highest BCUT2D eigenvalue weighted by Gasteiger charge is 2.39. The fraction of sp³-hybridized carbons (Fsp3) is 0.909. The zero-order chi connectivity index (χ0) is 11.3. The van der Waals surface area contributed by atoms with Gasteiger partial charge in [0.25, 0.3) is 0 Å². The molecule has 1 amide bonds. The summed E-state index contributed by atoms with van der Waals surface area (Å²) in [6.07, 6.45) is 6.27. The van der Waals surface area contributed by atoms with Crippen LogP contribution < -0.4 is 11.1 Å². The second kappa shape index (κ2) is 7.41. The first kappa shape index (κ1) is 16.1. The Morgan fingerprint density at radius 2 is 2.06 bits per heavy atom. The van der Waals surface area contributed by atoms with Gasteiger partial charge in [0.05, 0.1) is 5.41 Å². The molecule has 3 N–H and O–H groups in total. The van der Waals surface area contributed by atoms with Gasteiger partial charge >= 0.3 is 0 Å². The maximum Gasteiger partial charge on any atom is 0.227 e. The van der Waals surface area contributed by atoms with Crippen LogP contribution in [0.5, 0.6) is 0 Å². The molecule has 0 saturated heterocycles. The molecule has 0 aromatic carbocycles. The van der Waals surface area contributed by atoms with Crippen LogP contribution in [-0.2, 0) is 4.79 Å². The zero-order valence-electron chi connectivity index (χ0n) is 10.1. The average Bonchev–Trinajstić information content (AvgIpc) is 2.75. The van der Waals surface area contributed by atoms with E-state index < -0.39 is 0 Å². The lowest BCUT2D eigenvalue weighted by Gasteiger charge is -2.26. The largest absolute Gasteiger partial charge is 0.354 e. The number of nitrogens with one attached hydrogen (secondary N) is 1. The van der Waals surface area contributed by atoms with Gasteiger partial charge in [-0.25, -0.2) is 0 Å². The van der Waals surface area contributed by atoms with Crippen molar-refractivity contribution in [2.24, 2.45) is 11.1 Å². The minimum atomic E-state index is -0.252. The maximum atomic E-state index is 12.0. The standard InChI is InChI=1S/C11H22N2OS.ClH/c1-9(15-2)7-13-10(14)11(8-12)5-3-4-6-11;/h9H,3-8,12H2,1-2H3,(H,13,14);1H. The zero-order valence-corrected chi connectivity index (χ0v) is 11.8. The summed E-state index contributed by atoms with van der Waals surface area (Å²) in [6.45, 7) is 3.36. The third kappa shape index (κ3) is 3.82. The lowest BCUT2D eigenvalue weighted by molar-refractivity contribution is -0.130. The SMILES string of the molecule is CSC(C)CNC(=O)C1(CN)CCCC1.Cl. The molecule has 0 aliphatic heterocycles. The Morgan fingerprint density at radius 1 is 1.50 bits per heavy atom. The van der Waals surface area contributed by atoms with Crippen LogP contribution >= 0.6 is 24.2 Å². The molecule has 0 spiro atoms. The molecule has 16 heavy (non-hydrogen) atoms. The molecule has 0 aromatic heterocycles. The predicted molar refractivity (Wildman–Crippen MR) is 73.2 cm³/mol. The molecule has 1 rings (SSSR count). The maximum absolute atomic E-state index is 12.0. The van der Waals surface area contributed by atoms with Gasteiger partial charge in [-0.2, -0.15) is 11.8 Å². The highest BCUT2D eigenvalue weighted by atomic mass is 35.5. The lowest BCUT2D eigenvalue weighted by atomic mass is 9.85. The number of carbonyl (C=O) groups excluding carboxylic acids is 1. The van der Waals surface area contributed by atoms with Crippen molar-refractivity contribution in [3.8, 4) is 0 Å². The fourth-order valence-corrected chi connectivity index (χ4v) is 2.33. The van der Waals surface area contributed by atoms with Crippen molar-refractivity contribution in [2.75, 3.05) is 19.3 Å². The minimum Gasteiger partial charge on any atom is -0.354 e. The molecule has 0 heterocycles. The van der Waals surface area contributed by atoms with Crippen LogP contribution in [-0.4, -0.2) is 30.5 Å². The number of thioether (sulfide) groups is 1. The summed E-state index contributed by atoms with van der Waals surface area (Å²) < 4.78 is 0. The summed E-state index contributed by atoms with van der Waals surface area (Å²) in [4.78, 5) is 12.0. The summed E-state index contributed by atoms with van der Waals surface area (Å²) >= 11 is 1.77.